The van der Waals surface area contributed by atoms with Gasteiger partial charge in [-0.25, -0.2) is 0 Å². The molecule has 0 rings (SSSR count). The summed E-state index contributed by atoms with van der Waals surface area (Å²) in [6, 6.07) is 0. The van der Waals surface area contributed by atoms with Crippen LogP contribution in [0.25, 0.3) is 0 Å². The van der Waals surface area contributed by atoms with Gasteiger partial charge in [0.2, 0.25) is 0 Å². The highest BCUT2D eigenvalue weighted by Gasteiger charge is 2.20. The molecule has 0 radical (unpaired) electrons. The van der Waals surface area contributed by atoms with Crippen LogP contribution < -0.4 is 0 Å². The van der Waals surface area contributed by atoms with E-state index in [1.54, 1.807) is 15.8 Å². The van der Waals surface area contributed by atoms with Crippen molar-refractivity contribution in [1.82, 2.24) is 0 Å². The van der Waals surface area contributed by atoms with Crippen LogP contribution in [-0.4, -0.2) is 22.6 Å². The monoisotopic (exact) mass is 212 g/mol. The van der Waals surface area contributed by atoms with E-state index in [-0.39, 0.29) is 8.41 Å². The van der Waals surface area contributed by atoms with Gasteiger partial charge in [-0.05, 0) is 0 Å². The molecule has 0 aliphatic carbocycles. The average molecular weight is 212 g/mol. The predicted molar refractivity (Wildman–Crippen MR) is 74.6 cm³/mol. The normalized spacial score (nSPS) is 10.9. The first-order chi connectivity index (χ1) is 5.91. The molecule has 0 unspecified atom stereocenters. The standard InChI is InChI=1S/3C4H9.Al.BH3/c3*1-4(2)3;;/h3*4H,1H2,2-3H3;;1H3. The van der Waals surface area contributed by atoms with Crippen LogP contribution in [0.3, 0.4) is 0 Å². The van der Waals surface area contributed by atoms with Crippen molar-refractivity contribution in [2.75, 3.05) is 0 Å². The van der Waals surface area contributed by atoms with Crippen LogP contribution in [0, 0.1) is 17.8 Å². The minimum atomic E-state index is -0.407. The molecule has 84 valence electrons. The van der Waals surface area contributed by atoms with E-state index in [9.17, 15) is 0 Å². The molecule has 0 atom stereocenters. The molecule has 0 fully saturated rings. The van der Waals surface area contributed by atoms with E-state index >= 15 is 0 Å². The Morgan fingerprint density at radius 1 is 0.643 bits per heavy atom. The molecule has 0 saturated heterocycles. The van der Waals surface area contributed by atoms with Crippen LogP contribution in [0.2, 0.25) is 15.8 Å². The first kappa shape index (κ1) is 17.0. The van der Waals surface area contributed by atoms with Crippen LogP contribution in [-0.2, 0) is 0 Å². The van der Waals surface area contributed by atoms with Gasteiger partial charge >= 0.3 is 0 Å². The van der Waals surface area contributed by atoms with Gasteiger partial charge in [0.25, 0.3) is 14.1 Å². The Balaban J connectivity index is 0. The van der Waals surface area contributed by atoms with Gasteiger partial charge in [-0.2, -0.15) is 0 Å². The van der Waals surface area contributed by atoms with Crippen molar-refractivity contribution >= 4 is 22.6 Å². The zero-order valence-corrected chi connectivity index (χ0v) is 11.6. The van der Waals surface area contributed by atoms with E-state index in [4.69, 9.17) is 0 Å². The summed E-state index contributed by atoms with van der Waals surface area (Å²) in [6.07, 6.45) is 0. The molecule has 14 heavy (non-hydrogen) atoms. The second-order valence-corrected chi connectivity index (χ2v) is 8.90. The van der Waals surface area contributed by atoms with Crippen LogP contribution in [0.5, 0.6) is 0 Å². The number of rotatable bonds is 6. The maximum Gasteiger partial charge on any atom is 0.262 e. The molecule has 0 bridgehead atoms. The first-order valence-electron chi connectivity index (χ1n) is 5.91. The van der Waals surface area contributed by atoms with Gasteiger partial charge in [0, 0.05) is 0 Å². The second kappa shape index (κ2) is 8.87. The average Bonchev–Trinajstić information content (AvgIpc) is 1.80. The highest BCUT2D eigenvalue weighted by molar-refractivity contribution is 6.58. The lowest BCUT2D eigenvalue weighted by molar-refractivity contribution is 0.659. The second-order valence-electron chi connectivity index (χ2n) is 5.75. The van der Waals surface area contributed by atoms with Gasteiger partial charge < -0.3 is 0 Å². The summed E-state index contributed by atoms with van der Waals surface area (Å²) < 4.78 is 0. The molecule has 0 aliphatic heterocycles. The Hall–Kier alpha value is 0.597. The van der Waals surface area contributed by atoms with Gasteiger partial charge in [-0.15, -0.1) is 0 Å². The van der Waals surface area contributed by atoms with E-state index in [1.807, 2.05) is 0 Å². The van der Waals surface area contributed by atoms with Crippen LogP contribution in [0.4, 0.5) is 0 Å². The van der Waals surface area contributed by atoms with Crippen molar-refractivity contribution in [3.63, 3.8) is 0 Å². The maximum absolute atomic E-state index is 2.38. The summed E-state index contributed by atoms with van der Waals surface area (Å²) in [5.41, 5.74) is 0. The van der Waals surface area contributed by atoms with Crippen molar-refractivity contribution in [3.8, 4) is 0 Å². The molecule has 0 amide bonds. The Morgan fingerprint density at radius 2 is 0.857 bits per heavy atom. The zero-order chi connectivity index (χ0) is 10.4. The lowest BCUT2D eigenvalue weighted by atomic mass is 10.2. The molecule has 0 aromatic rings. The van der Waals surface area contributed by atoms with Crippen molar-refractivity contribution in [2.45, 2.75) is 57.4 Å². The highest BCUT2D eigenvalue weighted by Crippen LogP contribution is 2.20. The maximum atomic E-state index is 2.38. The van der Waals surface area contributed by atoms with Gasteiger partial charge in [0.15, 0.2) is 0 Å². The van der Waals surface area contributed by atoms with E-state index in [0.717, 1.165) is 17.8 Å². The fraction of sp³-hybridized carbons (Fsp3) is 1.00. The van der Waals surface area contributed by atoms with Gasteiger partial charge in [0.1, 0.15) is 0 Å². The molecular formula is C12H30AlB. The molecule has 0 aliphatic rings. The summed E-state index contributed by atoms with van der Waals surface area (Å²) >= 11 is -0.407. The van der Waals surface area contributed by atoms with Crippen molar-refractivity contribution in [2.24, 2.45) is 17.8 Å². The van der Waals surface area contributed by atoms with Crippen LogP contribution in [0.15, 0.2) is 0 Å². The molecule has 0 saturated carbocycles. The fourth-order valence-corrected chi connectivity index (χ4v) is 6.87. The summed E-state index contributed by atoms with van der Waals surface area (Å²) in [5, 5.41) is 4.66. The highest BCUT2D eigenvalue weighted by atomic mass is 27.2. The molecule has 0 aromatic carbocycles. The molecule has 0 heterocycles. The van der Waals surface area contributed by atoms with Crippen LogP contribution in [0.1, 0.15) is 41.5 Å². The minimum absolute atomic E-state index is 0. The van der Waals surface area contributed by atoms with Gasteiger partial charge in [-0.1, -0.05) is 75.1 Å². The molecule has 0 N–H and O–H groups in total. The van der Waals surface area contributed by atoms with E-state index in [2.05, 4.69) is 41.5 Å². The summed E-state index contributed by atoms with van der Waals surface area (Å²) in [4.78, 5) is 0. The van der Waals surface area contributed by atoms with Gasteiger partial charge in [-0.3, -0.25) is 0 Å². The minimum Gasteiger partial charge on any atom is -0.0915 e. The Morgan fingerprint density at radius 3 is 1.00 bits per heavy atom. The number of hydrogen-bond acceptors (Lipinski definition) is 0. The first-order valence-corrected chi connectivity index (χ1v) is 8.36. The third-order valence-electron chi connectivity index (χ3n) is 2.41. The molecule has 0 nitrogen and oxygen atoms in total. The Labute approximate surface area is 97.8 Å². The summed E-state index contributed by atoms with van der Waals surface area (Å²) in [5.74, 6) is 2.78. The topological polar surface area (TPSA) is 0 Å². The SMILES string of the molecule is B.CC(C)[CH2][Al]([CH2]C(C)C)[CH2]C(C)C. The lowest BCUT2D eigenvalue weighted by Gasteiger charge is -2.17. The van der Waals surface area contributed by atoms with E-state index in [0.29, 0.717) is 0 Å². The molecule has 2 heteroatoms. The van der Waals surface area contributed by atoms with Crippen molar-refractivity contribution in [1.29, 1.82) is 0 Å². The van der Waals surface area contributed by atoms with Crippen molar-refractivity contribution < 1.29 is 0 Å². The quantitative estimate of drug-likeness (QED) is 0.593. The third kappa shape index (κ3) is 10.7. The van der Waals surface area contributed by atoms with E-state index < -0.39 is 14.1 Å². The van der Waals surface area contributed by atoms with Crippen LogP contribution >= 0.6 is 0 Å². The fourth-order valence-electron chi connectivity index (χ4n) is 2.29. The predicted octanol–water partition coefficient (Wildman–Crippen LogP) is 3.27. The Bertz CT molecular complexity index is 97.7. The largest absolute Gasteiger partial charge is 0.262 e. The number of hydrogen-bond donors (Lipinski definition) is 0. The van der Waals surface area contributed by atoms with Gasteiger partial charge in [0.05, 0.1) is 8.41 Å². The van der Waals surface area contributed by atoms with E-state index in [1.165, 1.54) is 0 Å². The Kier molecular flexibility index (Phi) is 10.8. The summed E-state index contributed by atoms with van der Waals surface area (Å²) in [7, 11) is 0. The smallest absolute Gasteiger partial charge is 0.0915 e. The lowest BCUT2D eigenvalue weighted by Crippen LogP contribution is -2.19. The molecule has 0 aromatic heterocycles. The summed E-state index contributed by atoms with van der Waals surface area (Å²) in [6.45, 7) is 14.3. The van der Waals surface area contributed by atoms with Crippen molar-refractivity contribution in [3.05, 3.63) is 0 Å². The molecular weight excluding hydrogens is 182 g/mol. The zero-order valence-electron chi connectivity index (χ0n) is 10.4. The molecule has 0 spiro atoms. The third-order valence-corrected chi connectivity index (χ3v) is 7.24.